The van der Waals surface area contributed by atoms with Crippen LogP contribution in [0.5, 0.6) is 0 Å². The Hall–Kier alpha value is -1.55. The van der Waals surface area contributed by atoms with Gasteiger partial charge in [-0.1, -0.05) is 33.2 Å². The van der Waals surface area contributed by atoms with Crippen LogP contribution in [0.4, 0.5) is 0 Å². The van der Waals surface area contributed by atoms with Crippen molar-refractivity contribution in [3.8, 4) is 0 Å². The molecule has 0 amide bonds. The summed E-state index contributed by atoms with van der Waals surface area (Å²) < 4.78 is 6.11. The minimum Gasteiger partial charge on any atom is -0.472 e. The molecule has 0 saturated carbocycles. The number of hydrogen-bond acceptors (Lipinski definition) is 3. The van der Waals surface area contributed by atoms with Gasteiger partial charge in [0.25, 0.3) is 0 Å². The zero-order valence-electron chi connectivity index (χ0n) is 8.97. The van der Waals surface area contributed by atoms with E-state index in [0.717, 1.165) is 27.7 Å². The maximum Gasteiger partial charge on any atom is 0.161 e. The first-order chi connectivity index (χ1) is 8.33. The van der Waals surface area contributed by atoms with Crippen molar-refractivity contribution in [3.05, 3.63) is 58.5 Å². The number of furan rings is 1. The Morgan fingerprint density at radius 3 is 2.71 bits per heavy atom. The highest BCUT2D eigenvalue weighted by Crippen LogP contribution is 2.29. The van der Waals surface area contributed by atoms with Crippen molar-refractivity contribution in [1.29, 1.82) is 0 Å². The van der Waals surface area contributed by atoms with E-state index >= 15 is 0 Å². The number of nitrogens with zero attached hydrogens (tertiary/aromatic N) is 1. The first kappa shape index (κ1) is 10.6. The molecule has 86 valence electrons. The summed E-state index contributed by atoms with van der Waals surface area (Å²) in [5, 5.41) is 4.13. The molecule has 1 aliphatic rings. The standard InChI is InChI=1S/C13H10BrNO2/c14-11-3-1-9(2-4-11)12-7-13(17-15-12)10-5-6-16-8-10/h1-6,8,13H,7H2. The van der Waals surface area contributed by atoms with Gasteiger partial charge in [-0.25, -0.2) is 0 Å². The third kappa shape index (κ3) is 2.13. The van der Waals surface area contributed by atoms with Crippen molar-refractivity contribution in [1.82, 2.24) is 0 Å². The fraction of sp³-hybridized carbons (Fsp3) is 0.154. The molecule has 4 heteroatoms. The van der Waals surface area contributed by atoms with Gasteiger partial charge in [0, 0.05) is 16.5 Å². The Morgan fingerprint density at radius 1 is 1.18 bits per heavy atom. The summed E-state index contributed by atoms with van der Waals surface area (Å²) in [5.74, 6) is 0. The molecule has 2 heterocycles. The predicted octanol–water partition coefficient (Wildman–Crippen LogP) is 3.91. The Labute approximate surface area is 107 Å². The van der Waals surface area contributed by atoms with Crippen molar-refractivity contribution in [2.45, 2.75) is 12.5 Å². The van der Waals surface area contributed by atoms with Gasteiger partial charge in [0.2, 0.25) is 0 Å². The van der Waals surface area contributed by atoms with Gasteiger partial charge in [-0.2, -0.15) is 0 Å². The topological polar surface area (TPSA) is 34.7 Å². The molecule has 17 heavy (non-hydrogen) atoms. The summed E-state index contributed by atoms with van der Waals surface area (Å²) in [4.78, 5) is 5.41. The molecule has 0 aliphatic carbocycles. The molecule has 0 spiro atoms. The van der Waals surface area contributed by atoms with Crippen LogP contribution >= 0.6 is 15.9 Å². The molecule has 0 radical (unpaired) electrons. The zero-order chi connectivity index (χ0) is 11.7. The Bertz CT molecular complexity index is 531. The molecule has 3 nitrogen and oxygen atoms in total. The van der Waals surface area contributed by atoms with E-state index in [4.69, 9.17) is 9.25 Å². The van der Waals surface area contributed by atoms with Crippen molar-refractivity contribution in [3.63, 3.8) is 0 Å². The predicted molar refractivity (Wildman–Crippen MR) is 67.8 cm³/mol. The molecule has 0 bridgehead atoms. The number of oxime groups is 1. The van der Waals surface area contributed by atoms with Crippen molar-refractivity contribution >= 4 is 21.6 Å². The maximum absolute atomic E-state index is 5.41. The lowest BCUT2D eigenvalue weighted by Crippen LogP contribution is -2.00. The molecule has 1 aliphatic heterocycles. The fourth-order valence-electron chi connectivity index (χ4n) is 1.83. The summed E-state index contributed by atoms with van der Waals surface area (Å²) >= 11 is 3.41. The van der Waals surface area contributed by atoms with Gasteiger partial charge < -0.3 is 9.25 Å². The second-order valence-electron chi connectivity index (χ2n) is 3.90. The molecule has 1 aromatic carbocycles. The average molecular weight is 292 g/mol. The van der Waals surface area contributed by atoms with E-state index in [1.54, 1.807) is 12.5 Å². The highest BCUT2D eigenvalue weighted by molar-refractivity contribution is 9.10. The molecule has 1 aromatic heterocycles. The van der Waals surface area contributed by atoms with Gasteiger partial charge in [-0.3, -0.25) is 0 Å². The lowest BCUT2D eigenvalue weighted by Gasteiger charge is -2.03. The van der Waals surface area contributed by atoms with Crippen LogP contribution in [0.1, 0.15) is 23.7 Å². The van der Waals surface area contributed by atoms with E-state index in [2.05, 4.69) is 21.1 Å². The van der Waals surface area contributed by atoms with Crippen LogP contribution in [0, 0.1) is 0 Å². The van der Waals surface area contributed by atoms with Crippen molar-refractivity contribution in [2.24, 2.45) is 5.16 Å². The summed E-state index contributed by atoms with van der Waals surface area (Å²) in [6, 6.07) is 9.98. The van der Waals surface area contributed by atoms with E-state index in [1.165, 1.54) is 0 Å². The van der Waals surface area contributed by atoms with Gasteiger partial charge in [0.05, 0.1) is 18.2 Å². The summed E-state index contributed by atoms with van der Waals surface area (Å²) in [6.07, 6.45) is 4.11. The number of halogens is 1. The number of benzene rings is 1. The van der Waals surface area contributed by atoms with Gasteiger partial charge in [-0.05, 0) is 23.8 Å². The monoisotopic (exact) mass is 291 g/mol. The highest BCUT2D eigenvalue weighted by Gasteiger charge is 2.24. The van der Waals surface area contributed by atoms with Crippen LogP contribution in [0.25, 0.3) is 0 Å². The SMILES string of the molecule is Brc1ccc(C2=NOC(c3ccoc3)C2)cc1. The first-order valence-electron chi connectivity index (χ1n) is 5.33. The van der Waals surface area contributed by atoms with E-state index in [9.17, 15) is 0 Å². The fourth-order valence-corrected chi connectivity index (χ4v) is 2.09. The third-order valence-corrected chi connectivity index (χ3v) is 3.29. The van der Waals surface area contributed by atoms with Crippen LogP contribution in [0.2, 0.25) is 0 Å². The second-order valence-corrected chi connectivity index (χ2v) is 4.82. The first-order valence-corrected chi connectivity index (χ1v) is 6.13. The molecule has 0 N–H and O–H groups in total. The average Bonchev–Trinajstić information content (AvgIpc) is 3.00. The summed E-state index contributed by atoms with van der Waals surface area (Å²) in [7, 11) is 0. The van der Waals surface area contributed by atoms with Gasteiger partial charge in [0.1, 0.15) is 0 Å². The van der Waals surface area contributed by atoms with Gasteiger partial charge >= 0.3 is 0 Å². The summed E-state index contributed by atoms with van der Waals surface area (Å²) in [5.41, 5.74) is 3.10. The molecular weight excluding hydrogens is 282 g/mol. The Morgan fingerprint density at radius 2 is 2.00 bits per heavy atom. The summed E-state index contributed by atoms with van der Waals surface area (Å²) in [6.45, 7) is 0. The molecule has 2 aromatic rings. The molecule has 3 rings (SSSR count). The maximum atomic E-state index is 5.41. The van der Waals surface area contributed by atoms with Gasteiger partial charge in [-0.15, -0.1) is 0 Å². The molecule has 1 atom stereocenters. The number of rotatable bonds is 2. The molecule has 1 unspecified atom stereocenters. The van der Waals surface area contributed by atoms with Crippen LogP contribution in [0.3, 0.4) is 0 Å². The quantitative estimate of drug-likeness (QED) is 0.841. The minimum atomic E-state index is -0.0209. The number of hydrogen-bond donors (Lipinski definition) is 0. The molecule has 0 saturated heterocycles. The van der Waals surface area contributed by atoms with E-state index in [-0.39, 0.29) is 6.10 Å². The van der Waals surface area contributed by atoms with Crippen LogP contribution in [-0.2, 0) is 4.84 Å². The van der Waals surface area contributed by atoms with Crippen LogP contribution < -0.4 is 0 Å². The zero-order valence-corrected chi connectivity index (χ0v) is 10.6. The van der Waals surface area contributed by atoms with E-state index in [0.29, 0.717) is 0 Å². The smallest absolute Gasteiger partial charge is 0.161 e. The second kappa shape index (κ2) is 4.37. The highest BCUT2D eigenvalue weighted by atomic mass is 79.9. The Balaban J connectivity index is 1.77. The van der Waals surface area contributed by atoms with Crippen molar-refractivity contribution in [2.75, 3.05) is 0 Å². The third-order valence-electron chi connectivity index (χ3n) is 2.76. The Kier molecular flexibility index (Phi) is 2.73. The van der Waals surface area contributed by atoms with Crippen LogP contribution in [0.15, 0.2) is 56.9 Å². The van der Waals surface area contributed by atoms with Crippen LogP contribution in [-0.4, -0.2) is 5.71 Å². The normalized spacial score (nSPS) is 18.9. The lowest BCUT2D eigenvalue weighted by molar-refractivity contribution is 0.0853. The van der Waals surface area contributed by atoms with Gasteiger partial charge in [0.15, 0.2) is 6.10 Å². The van der Waals surface area contributed by atoms with Crippen molar-refractivity contribution < 1.29 is 9.25 Å². The van der Waals surface area contributed by atoms with E-state index < -0.39 is 0 Å². The van der Waals surface area contributed by atoms with E-state index in [1.807, 2.05) is 30.3 Å². The molecular formula is C13H10BrNO2. The lowest BCUT2D eigenvalue weighted by atomic mass is 10.0. The minimum absolute atomic E-state index is 0.0209. The largest absolute Gasteiger partial charge is 0.472 e. The molecule has 0 fully saturated rings.